The maximum Gasteiger partial charge on any atom is 2.00 e. The van der Waals surface area contributed by atoms with Gasteiger partial charge in [0.05, 0.1) is 0 Å². The van der Waals surface area contributed by atoms with Gasteiger partial charge in [0.2, 0.25) is 0 Å². The summed E-state index contributed by atoms with van der Waals surface area (Å²) in [5.74, 6) is 0. The minimum atomic E-state index is -4.01. The maximum absolute atomic E-state index is 8.57. The summed E-state index contributed by atoms with van der Waals surface area (Å²) in [6.07, 6.45) is 0. The van der Waals surface area contributed by atoms with Crippen molar-refractivity contribution < 1.29 is 210 Å². The van der Waals surface area contributed by atoms with Gasteiger partial charge in [0, 0.05) is 54.6 Å². The molecule has 0 fully saturated rings. The molecule has 0 heterocycles. The Bertz CT molecular complexity index is 111. The van der Waals surface area contributed by atoms with Crippen LogP contribution in [-0.2, 0) is 21.7 Å². The molecule has 0 spiro atoms. The quantitative estimate of drug-likeness (QED) is 0.161. The Morgan fingerprint density at radius 1 is 0.222 bits per heavy atom. The van der Waals surface area contributed by atoms with E-state index < -0.39 is 126 Å². The normalized spacial score (nSPS) is 8.00. The fraction of sp³-hybridized carbons (Fsp3) is 0. The standard InChI is InChI=1S/6IO3.Ti.2Tl/c6*2-1(3)4;;;/q6*-1;+2;;. The van der Waals surface area contributed by atoms with E-state index in [9.17, 15) is 0 Å². The molecule has 2 radical (unpaired) electrons. The zero-order chi connectivity index (χ0) is 21.5. The van der Waals surface area contributed by atoms with Crippen LogP contribution in [-0.4, -0.2) is 54.6 Å². The maximum atomic E-state index is 8.57. The van der Waals surface area contributed by atoms with Gasteiger partial charge in [-0.3, -0.25) is 0 Å². The first kappa shape index (κ1) is 58.8. The van der Waals surface area contributed by atoms with E-state index >= 15 is 0 Å². The monoisotopic (exact) mass is 1510 g/mol. The molecule has 164 valence electrons. The van der Waals surface area contributed by atoms with E-state index in [0.29, 0.717) is 0 Å². The van der Waals surface area contributed by atoms with Crippen molar-refractivity contribution in [1.82, 2.24) is 0 Å². The summed E-state index contributed by atoms with van der Waals surface area (Å²) in [7, 11) is 0. The molecule has 0 amide bonds. The Hall–Kier alpha value is 6.22. The second-order valence-corrected chi connectivity index (χ2v) is 7.61. The van der Waals surface area contributed by atoms with E-state index in [-0.39, 0.29) is 76.3 Å². The van der Waals surface area contributed by atoms with Gasteiger partial charge < -0.3 is 61.8 Å². The molecule has 0 aliphatic rings. The Balaban J connectivity index is -0.0000000201. The summed E-state index contributed by atoms with van der Waals surface area (Å²) in [6.45, 7) is 0. The van der Waals surface area contributed by atoms with E-state index in [1.807, 2.05) is 0 Å². The van der Waals surface area contributed by atoms with Gasteiger partial charge >= 0.3 is 21.7 Å². The topological polar surface area (TPSA) is 415 Å². The molecule has 0 rings (SSSR count). The number of rotatable bonds is 0. The van der Waals surface area contributed by atoms with Crippen molar-refractivity contribution in [3.63, 3.8) is 0 Å². The van der Waals surface area contributed by atoms with Crippen molar-refractivity contribution in [1.29, 1.82) is 0 Å². The second kappa shape index (κ2) is 53.5. The Labute approximate surface area is 258 Å². The van der Waals surface area contributed by atoms with Crippen LogP contribution in [0.4, 0.5) is 0 Å². The van der Waals surface area contributed by atoms with Gasteiger partial charge in [0.25, 0.3) is 126 Å². The molecule has 0 aromatic heterocycles. The molecule has 0 N–H and O–H groups in total. The molecule has 27 heavy (non-hydrogen) atoms. The molecule has 0 aliphatic carbocycles. The first-order chi connectivity index (χ1) is 10.4. The third-order valence-corrected chi connectivity index (χ3v) is 0. The molecule has 0 aromatic carbocycles. The van der Waals surface area contributed by atoms with E-state index in [2.05, 4.69) is 0 Å². The molecular weight excluding hydrogens is 1510 g/mol. The average Bonchev–Trinajstić information content (AvgIpc) is 2.08. The van der Waals surface area contributed by atoms with Gasteiger partial charge in [-0.05, 0) is 0 Å². The molecule has 0 saturated carbocycles. The minimum Gasteiger partial charge on any atom is -0.427 e. The van der Waals surface area contributed by atoms with Crippen LogP contribution in [0.25, 0.3) is 0 Å². The van der Waals surface area contributed by atoms with E-state index in [1.54, 1.807) is 0 Å². The molecule has 18 nitrogen and oxygen atoms in total. The molecule has 0 aliphatic heterocycles. The van der Waals surface area contributed by atoms with Crippen LogP contribution in [0.2, 0.25) is 0 Å². The van der Waals surface area contributed by atoms with Gasteiger partial charge in [-0.1, -0.05) is 0 Å². The van der Waals surface area contributed by atoms with Crippen LogP contribution in [0.15, 0.2) is 0 Å². The van der Waals surface area contributed by atoms with Crippen LogP contribution >= 0.6 is 0 Å². The van der Waals surface area contributed by atoms with Crippen molar-refractivity contribution in [2.45, 2.75) is 0 Å². The number of halogens is 6. The number of hydrogen-bond acceptors (Lipinski definition) is 18. The minimum absolute atomic E-state index is 0. The first-order valence-electron chi connectivity index (χ1n) is 2.78. The summed E-state index contributed by atoms with van der Waals surface area (Å²) in [5, 5.41) is 0. The summed E-state index contributed by atoms with van der Waals surface area (Å²) in [4.78, 5) is 0. The molecule has 0 saturated heterocycles. The van der Waals surface area contributed by atoms with Crippen molar-refractivity contribution in [3.05, 3.63) is 0 Å². The van der Waals surface area contributed by atoms with Crippen LogP contribution in [0.5, 0.6) is 0 Å². The average molecular weight is 1510 g/mol. The van der Waals surface area contributed by atoms with Crippen LogP contribution in [0, 0.1) is 0 Å². The Morgan fingerprint density at radius 2 is 0.222 bits per heavy atom. The van der Waals surface area contributed by atoms with E-state index in [1.165, 1.54) is 0 Å². The van der Waals surface area contributed by atoms with E-state index in [4.69, 9.17) is 61.8 Å². The second-order valence-electron chi connectivity index (χ2n) is 1.13. The van der Waals surface area contributed by atoms with E-state index in [0.717, 1.165) is 0 Å². The third-order valence-electron chi connectivity index (χ3n) is 0. The van der Waals surface area contributed by atoms with Crippen LogP contribution < -0.4 is 188 Å². The molecule has 0 atom stereocenters. The largest absolute Gasteiger partial charge is 2.00 e. The first-order valence-corrected chi connectivity index (χ1v) is 18.6. The van der Waals surface area contributed by atoms with Crippen LogP contribution in [0.1, 0.15) is 0 Å². The van der Waals surface area contributed by atoms with Crippen LogP contribution in [0.3, 0.4) is 0 Å². The molecule has 27 heteroatoms. The zero-order valence-electron chi connectivity index (χ0n) is 11.3. The summed E-state index contributed by atoms with van der Waals surface area (Å²) >= 11 is -24.1. The van der Waals surface area contributed by atoms with Gasteiger partial charge in [0.15, 0.2) is 0 Å². The zero-order valence-corrected chi connectivity index (χ0v) is 34.8. The van der Waals surface area contributed by atoms with Gasteiger partial charge in [0.1, 0.15) is 0 Å². The smallest absolute Gasteiger partial charge is 0.427 e. The fourth-order valence-corrected chi connectivity index (χ4v) is 0. The summed E-state index contributed by atoms with van der Waals surface area (Å²) in [6, 6.07) is 0. The Kier molecular flexibility index (Phi) is 117. The molecule has 0 aromatic rings. The molecule has 0 bridgehead atoms. The van der Waals surface area contributed by atoms with Gasteiger partial charge in [-0.15, -0.1) is 0 Å². The fourth-order valence-electron chi connectivity index (χ4n) is 0. The predicted octanol–water partition coefficient (Wildman–Crippen LogP) is -40.1. The predicted molar refractivity (Wildman–Crippen MR) is 11.5 cm³/mol. The third kappa shape index (κ3) is 761. The van der Waals surface area contributed by atoms with Crippen molar-refractivity contribution in [2.24, 2.45) is 0 Å². The SMILES string of the molecule is [O-][I+2]([O-])[O-].[O-][I+2]([O-])[O-].[O-][I+2]([O-])[O-].[O-][I+2]([O-])[O-].[O-][I+2]([O-])[O-].[O-][I+2]([O-])[O-].[Ti+2].[Tl].[Tl]. The summed E-state index contributed by atoms with van der Waals surface area (Å²) in [5.41, 5.74) is 0. The van der Waals surface area contributed by atoms with Crippen molar-refractivity contribution in [2.75, 3.05) is 0 Å². The van der Waals surface area contributed by atoms with Gasteiger partial charge in [-0.25, -0.2) is 0 Å². The summed E-state index contributed by atoms with van der Waals surface area (Å²) < 4.78 is 154. The molecular formula is I6O18TiTl2-4. The molecule has 0 unspecified atom stereocenters. The van der Waals surface area contributed by atoms with Crippen molar-refractivity contribution >= 4 is 54.6 Å². The van der Waals surface area contributed by atoms with Gasteiger partial charge in [-0.2, -0.15) is 0 Å². The number of hydrogen-bond donors (Lipinski definition) is 0. The van der Waals surface area contributed by atoms with Crippen molar-refractivity contribution in [3.8, 4) is 0 Å². The Morgan fingerprint density at radius 3 is 0.222 bits per heavy atom.